The minimum atomic E-state index is -0.315. The average molecular weight is 288 g/mol. The number of nitrogens with one attached hydrogen (secondary N) is 2. The molecule has 22 heavy (non-hydrogen) atoms. The van der Waals surface area contributed by atoms with Crippen LogP contribution in [0.15, 0.2) is 65.8 Å². The molecule has 0 radical (unpaired) electrons. The first-order valence-corrected chi connectivity index (χ1v) is 6.91. The molecule has 5 heteroatoms. The molecule has 2 aromatic carbocycles. The van der Waals surface area contributed by atoms with Crippen LogP contribution in [-0.4, -0.2) is 16.7 Å². The lowest BCUT2D eigenvalue weighted by Crippen LogP contribution is -2.30. The van der Waals surface area contributed by atoms with E-state index in [4.69, 9.17) is 0 Å². The number of pyridine rings is 1. The minimum Gasteiger partial charge on any atom is -0.335 e. The van der Waals surface area contributed by atoms with Gasteiger partial charge in [0, 0.05) is 17.3 Å². The van der Waals surface area contributed by atoms with Gasteiger partial charge < -0.3 is 10.6 Å². The number of amides is 1. The molecule has 0 bridgehead atoms. The summed E-state index contributed by atoms with van der Waals surface area (Å²) in [4.78, 5) is 20.9. The van der Waals surface area contributed by atoms with Gasteiger partial charge in [0.2, 0.25) is 0 Å². The summed E-state index contributed by atoms with van der Waals surface area (Å²) in [5.41, 5.74) is 1.67. The second-order valence-corrected chi connectivity index (χ2v) is 4.94. The van der Waals surface area contributed by atoms with Gasteiger partial charge in [-0.3, -0.25) is 4.79 Å². The molecule has 4 rings (SSSR count). The summed E-state index contributed by atoms with van der Waals surface area (Å²) in [5.74, 6) is 0.441. The van der Waals surface area contributed by atoms with Gasteiger partial charge in [0.25, 0.3) is 5.91 Å². The van der Waals surface area contributed by atoms with Gasteiger partial charge in [-0.25, -0.2) is 9.98 Å². The first kappa shape index (κ1) is 12.5. The second kappa shape index (κ2) is 4.96. The number of nitrogens with zero attached hydrogens (tertiary/aromatic N) is 2. The van der Waals surface area contributed by atoms with Gasteiger partial charge in [0.05, 0.1) is 5.69 Å². The lowest BCUT2D eigenvalue weighted by Gasteiger charge is -2.18. The molecule has 0 fully saturated rings. The summed E-state index contributed by atoms with van der Waals surface area (Å²) in [7, 11) is 0. The fourth-order valence-electron chi connectivity index (χ4n) is 2.51. The van der Waals surface area contributed by atoms with Gasteiger partial charge in [0.1, 0.15) is 5.82 Å². The molecule has 0 spiro atoms. The Morgan fingerprint density at radius 3 is 2.68 bits per heavy atom. The van der Waals surface area contributed by atoms with Crippen LogP contribution < -0.4 is 10.6 Å². The Morgan fingerprint density at radius 1 is 1.00 bits per heavy atom. The van der Waals surface area contributed by atoms with Crippen molar-refractivity contribution in [3.05, 3.63) is 60.8 Å². The predicted molar refractivity (Wildman–Crippen MR) is 87.5 cm³/mol. The predicted octanol–water partition coefficient (Wildman–Crippen LogP) is 3.33. The minimum absolute atomic E-state index is 0.261. The highest BCUT2D eigenvalue weighted by atomic mass is 16.2. The number of rotatable bonds is 2. The fraction of sp³-hybridized carbons (Fsp3) is 0. The van der Waals surface area contributed by atoms with E-state index in [-0.39, 0.29) is 11.7 Å². The molecule has 5 nitrogen and oxygen atoms in total. The Kier molecular flexibility index (Phi) is 2.83. The normalized spacial score (nSPS) is 12.5. The van der Waals surface area contributed by atoms with Crippen molar-refractivity contribution in [1.82, 2.24) is 4.98 Å². The van der Waals surface area contributed by atoms with E-state index in [2.05, 4.69) is 20.6 Å². The van der Waals surface area contributed by atoms with Crippen LogP contribution in [-0.2, 0) is 4.79 Å². The lowest BCUT2D eigenvalue weighted by atomic mass is 10.1. The first-order chi connectivity index (χ1) is 10.8. The van der Waals surface area contributed by atoms with Gasteiger partial charge in [-0.1, -0.05) is 30.3 Å². The summed E-state index contributed by atoms with van der Waals surface area (Å²) >= 11 is 0. The summed E-state index contributed by atoms with van der Waals surface area (Å²) in [5, 5.41) is 7.94. The molecule has 0 unspecified atom stereocenters. The van der Waals surface area contributed by atoms with Crippen LogP contribution >= 0.6 is 0 Å². The van der Waals surface area contributed by atoms with Crippen molar-refractivity contribution in [3.63, 3.8) is 0 Å². The number of aromatic nitrogens is 1. The summed E-state index contributed by atoms with van der Waals surface area (Å²) in [6.45, 7) is 0. The zero-order chi connectivity index (χ0) is 14.9. The smallest absolute Gasteiger partial charge is 0.292 e. The first-order valence-electron chi connectivity index (χ1n) is 6.91. The molecule has 1 aliphatic rings. The molecule has 0 atom stereocenters. The fourth-order valence-corrected chi connectivity index (χ4v) is 2.51. The maximum atomic E-state index is 12.4. The van der Waals surface area contributed by atoms with Crippen molar-refractivity contribution in [1.29, 1.82) is 0 Å². The van der Waals surface area contributed by atoms with Gasteiger partial charge in [0.15, 0.2) is 5.84 Å². The maximum Gasteiger partial charge on any atom is 0.292 e. The van der Waals surface area contributed by atoms with E-state index in [0.29, 0.717) is 5.82 Å². The lowest BCUT2D eigenvalue weighted by molar-refractivity contribution is -0.110. The Balaban J connectivity index is 1.71. The monoisotopic (exact) mass is 288 g/mol. The Labute approximate surface area is 126 Å². The quantitative estimate of drug-likeness (QED) is 0.760. The Hall–Kier alpha value is -3.21. The van der Waals surface area contributed by atoms with Crippen LogP contribution in [0, 0.1) is 0 Å². The second-order valence-electron chi connectivity index (χ2n) is 4.94. The van der Waals surface area contributed by atoms with Crippen LogP contribution in [0.1, 0.15) is 0 Å². The van der Waals surface area contributed by atoms with E-state index in [1.165, 1.54) is 0 Å². The van der Waals surface area contributed by atoms with E-state index in [0.717, 1.165) is 22.1 Å². The molecule has 1 amide bonds. The van der Waals surface area contributed by atoms with E-state index < -0.39 is 0 Å². The van der Waals surface area contributed by atoms with Crippen molar-refractivity contribution in [2.45, 2.75) is 0 Å². The van der Waals surface area contributed by atoms with Crippen LogP contribution in [0.4, 0.5) is 17.2 Å². The van der Waals surface area contributed by atoms with E-state index >= 15 is 0 Å². The van der Waals surface area contributed by atoms with E-state index in [9.17, 15) is 4.79 Å². The molecule has 1 aliphatic heterocycles. The number of anilines is 2. The molecule has 0 saturated heterocycles. The number of hydrogen-bond acceptors (Lipinski definition) is 4. The van der Waals surface area contributed by atoms with Gasteiger partial charge in [-0.05, 0) is 29.7 Å². The molecular weight excluding hydrogens is 276 g/mol. The van der Waals surface area contributed by atoms with Crippen LogP contribution in [0.5, 0.6) is 0 Å². The standard InChI is InChI=1S/C17H12N4O/c22-17(21-14-9-1-2-10-18-14)16-19-12-7-3-5-11-6-4-8-13(20-16)15(11)12/h1-10H,(H,19,20)(H,18,21,22). The van der Waals surface area contributed by atoms with Gasteiger partial charge in [-0.15, -0.1) is 0 Å². The number of carbonyl (C=O) groups is 1. The van der Waals surface area contributed by atoms with Crippen molar-refractivity contribution in [2.75, 3.05) is 10.6 Å². The Bertz CT molecular complexity index is 898. The highest BCUT2D eigenvalue weighted by molar-refractivity contribution is 6.48. The number of hydrogen-bond donors (Lipinski definition) is 2. The largest absolute Gasteiger partial charge is 0.335 e. The third kappa shape index (κ3) is 2.09. The van der Waals surface area contributed by atoms with Crippen LogP contribution in [0.3, 0.4) is 0 Å². The molecule has 2 heterocycles. The van der Waals surface area contributed by atoms with Gasteiger partial charge in [-0.2, -0.15) is 0 Å². The maximum absolute atomic E-state index is 12.4. The van der Waals surface area contributed by atoms with Crippen LogP contribution in [0.2, 0.25) is 0 Å². The number of carbonyl (C=O) groups excluding carboxylic acids is 1. The number of amidine groups is 1. The summed E-state index contributed by atoms with van der Waals surface area (Å²) in [6.07, 6.45) is 1.63. The summed E-state index contributed by atoms with van der Waals surface area (Å²) < 4.78 is 0. The van der Waals surface area contributed by atoms with E-state index in [1.807, 2.05) is 42.5 Å². The summed E-state index contributed by atoms with van der Waals surface area (Å²) in [6, 6.07) is 17.1. The van der Waals surface area contributed by atoms with Gasteiger partial charge >= 0.3 is 0 Å². The van der Waals surface area contributed by atoms with Crippen molar-refractivity contribution in [3.8, 4) is 0 Å². The molecule has 0 aliphatic carbocycles. The van der Waals surface area contributed by atoms with Crippen LogP contribution in [0.25, 0.3) is 10.8 Å². The molecular formula is C17H12N4O. The highest BCUT2D eigenvalue weighted by Gasteiger charge is 2.19. The third-order valence-corrected chi connectivity index (χ3v) is 3.49. The Morgan fingerprint density at radius 2 is 1.86 bits per heavy atom. The number of aliphatic imine (C=N–C) groups is 1. The highest BCUT2D eigenvalue weighted by Crippen LogP contribution is 2.35. The molecule has 1 aromatic heterocycles. The molecule has 3 aromatic rings. The van der Waals surface area contributed by atoms with Crippen molar-refractivity contribution in [2.24, 2.45) is 4.99 Å². The SMILES string of the molecule is O=C(Nc1ccccn1)C1=Nc2cccc3cccc(c23)N1. The van der Waals surface area contributed by atoms with E-state index in [1.54, 1.807) is 18.3 Å². The average Bonchev–Trinajstić information content (AvgIpc) is 2.56. The molecule has 2 N–H and O–H groups in total. The zero-order valence-electron chi connectivity index (χ0n) is 11.6. The molecule has 0 saturated carbocycles. The third-order valence-electron chi connectivity index (χ3n) is 3.49. The number of benzene rings is 2. The van der Waals surface area contributed by atoms with Crippen molar-refractivity contribution < 1.29 is 4.79 Å². The zero-order valence-corrected chi connectivity index (χ0v) is 11.6. The molecule has 106 valence electrons. The topological polar surface area (TPSA) is 66.4 Å². The van der Waals surface area contributed by atoms with Crippen molar-refractivity contribution >= 4 is 39.7 Å².